The zero-order valence-electron chi connectivity index (χ0n) is 15.6. The molecule has 0 spiro atoms. The number of ether oxygens (including phenoxy) is 1. The number of para-hydroxylation sites is 1. The van der Waals surface area contributed by atoms with Gasteiger partial charge in [0.1, 0.15) is 30.6 Å². The Balaban J connectivity index is 1.73. The molecule has 0 unspecified atom stereocenters. The minimum atomic E-state index is -0.500. The molecule has 0 bridgehead atoms. The molecule has 1 aromatic heterocycles. The molecule has 2 aromatic carbocycles. The van der Waals surface area contributed by atoms with Crippen LogP contribution in [0.3, 0.4) is 0 Å². The summed E-state index contributed by atoms with van der Waals surface area (Å²) >= 11 is 12.3. The van der Waals surface area contributed by atoms with Gasteiger partial charge in [-0.15, -0.1) is 0 Å². The van der Waals surface area contributed by atoms with E-state index in [4.69, 9.17) is 33.7 Å². The van der Waals surface area contributed by atoms with E-state index in [1.807, 2.05) is 0 Å². The molecule has 0 aliphatic rings. The monoisotopic (exact) mass is 446 g/mol. The maximum atomic E-state index is 12.2. The second-order valence-electron chi connectivity index (χ2n) is 5.70. The van der Waals surface area contributed by atoms with Crippen molar-refractivity contribution in [3.05, 3.63) is 64.4 Å². The molecule has 30 heavy (non-hydrogen) atoms. The fourth-order valence-electron chi connectivity index (χ4n) is 2.31. The number of urea groups is 1. The van der Waals surface area contributed by atoms with Crippen LogP contribution in [0, 0.1) is 0 Å². The fourth-order valence-corrected chi connectivity index (χ4v) is 2.71. The predicted octanol–water partition coefficient (Wildman–Crippen LogP) is 4.78. The SMILES string of the molecule is CO/N=C/c1c(N)ncnc1Oc1ccc(NC(=O)Nc2ccccc2Cl)c(Cl)c1. The highest BCUT2D eigenvalue weighted by Gasteiger charge is 2.13. The van der Waals surface area contributed by atoms with Gasteiger partial charge in [0, 0.05) is 6.07 Å². The summed E-state index contributed by atoms with van der Waals surface area (Å²) < 4.78 is 5.73. The van der Waals surface area contributed by atoms with Crippen molar-refractivity contribution in [1.29, 1.82) is 0 Å². The number of nitrogens with one attached hydrogen (secondary N) is 2. The van der Waals surface area contributed by atoms with Gasteiger partial charge in [0.2, 0.25) is 5.88 Å². The summed E-state index contributed by atoms with van der Waals surface area (Å²) in [5.41, 5.74) is 7.02. The predicted molar refractivity (Wildman–Crippen MR) is 117 cm³/mol. The van der Waals surface area contributed by atoms with Gasteiger partial charge in [0.15, 0.2) is 0 Å². The number of aromatic nitrogens is 2. The number of oxime groups is 1. The number of hydrogen-bond donors (Lipinski definition) is 3. The van der Waals surface area contributed by atoms with Crippen molar-refractivity contribution in [3.8, 4) is 11.6 Å². The summed E-state index contributed by atoms with van der Waals surface area (Å²) in [5, 5.41) is 9.61. The van der Waals surface area contributed by atoms with Crippen LogP contribution in [0.25, 0.3) is 0 Å². The Bertz CT molecular complexity index is 1090. The summed E-state index contributed by atoms with van der Waals surface area (Å²) in [7, 11) is 1.39. The average molecular weight is 447 g/mol. The van der Waals surface area contributed by atoms with E-state index < -0.39 is 6.03 Å². The third-order valence-corrected chi connectivity index (χ3v) is 4.33. The highest BCUT2D eigenvalue weighted by atomic mass is 35.5. The van der Waals surface area contributed by atoms with Crippen molar-refractivity contribution in [2.75, 3.05) is 23.5 Å². The first kappa shape index (κ1) is 21.2. The van der Waals surface area contributed by atoms with E-state index in [-0.39, 0.29) is 16.7 Å². The first-order chi connectivity index (χ1) is 14.5. The molecule has 0 atom stereocenters. The summed E-state index contributed by atoms with van der Waals surface area (Å²) in [6.07, 6.45) is 2.59. The van der Waals surface area contributed by atoms with Crippen LogP contribution in [0.2, 0.25) is 10.0 Å². The van der Waals surface area contributed by atoms with Crippen molar-refractivity contribution in [1.82, 2.24) is 9.97 Å². The van der Waals surface area contributed by atoms with Crippen LogP contribution in [-0.2, 0) is 4.84 Å². The lowest BCUT2D eigenvalue weighted by Gasteiger charge is -2.12. The number of nitrogens with two attached hydrogens (primary N) is 1. The van der Waals surface area contributed by atoms with E-state index in [9.17, 15) is 4.79 Å². The van der Waals surface area contributed by atoms with E-state index in [0.717, 1.165) is 0 Å². The zero-order chi connectivity index (χ0) is 21.5. The number of carbonyl (C=O) groups excluding carboxylic acids is 1. The summed E-state index contributed by atoms with van der Waals surface area (Å²) in [6.45, 7) is 0. The highest BCUT2D eigenvalue weighted by Crippen LogP contribution is 2.31. The minimum Gasteiger partial charge on any atom is -0.438 e. The van der Waals surface area contributed by atoms with E-state index in [1.165, 1.54) is 25.7 Å². The number of rotatable bonds is 6. The maximum Gasteiger partial charge on any atom is 0.323 e. The fraction of sp³-hybridized carbons (Fsp3) is 0.0526. The molecule has 0 fully saturated rings. The van der Waals surface area contributed by atoms with Gasteiger partial charge in [-0.1, -0.05) is 40.5 Å². The lowest BCUT2D eigenvalue weighted by atomic mass is 10.3. The number of carbonyl (C=O) groups is 1. The molecular formula is C19H16Cl2N6O3. The molecule has 2 amide bonds. The van der Waals surface area contributed by atoms with Gasteiger partial charge in [-0.05, 0) is 24.3 Å². The zero-order valence-corrected chi connectivity index (χ0v) is 17.1. The molecule has 4 N–H and O–H groups in total. The smallest absolute Gasteiger partial charge is 0.323 e. The lowest BCUT2D eigenvalue weighted by molar-refractivity contribution is 0.215. The van der Waals surface area contributed by atoms with Crippen molar-refractivity contribution in [2.45, 2.75) is 0 Å². The first-order valence-corrected chi connectivity index (χ1v) is 9.20. The van der Waals surface area contributed by atoms with Gasteiger partial charge in [-0.25, -0.2) is 14.8 Å². The summed E-state index contributed by atoms with van der Waals surface area (Å²) in [4.78, 5) is 24.8. The molecule has 0 aliphatic carbocycles. The first-order valence-electron chi connectivity index (χ1n) is 8.45. The topological polar surface area (TPSA) is 124 Å². The Kier molecular flexibility index (Phi) is 6.89. The molecule has 3 rings (SSSR count). The van der Waals surface area contributed by atoms with Gasteiger partial charge in [0.05, 0.1) is 27.6 Å². The third-order valence-electron chi connectivity index (χ3n) is 3.69. The number of nitrogen functional groups attached to an aromatic ring is 1. The Labute approximate surface area is 181 Å². The molecule has 3 aromatic rings. The molecule has 0 saturated heterocycles. The Morgan fingerprint density at radius 3 is 2.53 bits per heavy atom. The second kappa shape index (κ2) is 9.77. The maximum absolute atomic E-state index is 12.2. The van der Waals surface area contributed by atoms with Crippen LogP contribution in [0.1, 0.15) is 5.56 Å². The van der Waals surface area contributed by atoms with E-state index >= 15 is 0 Å². The molecule has 11 heteroatoms. The molecule has 9 nitrogen and oxygen atoms in total. The molecule has 0 radical (unpaired) electrons. The standard InChI is InChI=1S/C19H16Cl2N6O3/c1-29-25-9-12-17(22)23-10-24-18(12)30-11-6-7-16(14(21)8-11)27-19(28)26-15-5-3-2-4-13(15)20/h2-10H,1H3,(H2,22,23,24)(H2,26,27,28)/b25-9+. The molecule has 0 aliphatic heterocycles. The van der Waals surface area contributed by atoms with Crippen LogP contribution in [-0.4, -0.2) is 29.3 Å². The van der Waals surface area contributed by atoms with E-state index in [2.05, 4.69) is 30.6 Å². The van der Waals surface area contributed by atoms with Crippen molar-refractivity contribution >= 4 is 52.6 Å². The largest absolute Gasteiger partial charge is 0.438 e. The third kappa shape index (κ3) is 5.28. The number of anilines is 3. The Hall–Kier alpha value is -3.56. The Morgan fingerprint density at radius 1 is 1.10 bits per heavy atom. The summed E-state index contributed by atoms with van der Waals surface area (Å²) in [6, 6.07) is 11.1. The van der Waals surface area contributed by atoms with Gasteiger partial charge in [-0.2, -0.15) is 0 Å². The Morgan fingerprint density at radius 2 is 1.83 bits per heavy atom. The van der Waals surface area contributed by atoms with Gasteiger partial charge < -0.3 is 25.9 Å². The molecule has 1 heterocycles. The van der Waals surface area contributed by atoms with Gasteiger partial charge >= 0.3 is 6.03 Å². The van der Waals surface area contributed by atoms with Crippen molar-refractivity contribution in [3.63, 3.8) is 0 Å². The normalized spacial score (nSPS) is 10.6. The van der Waals surface area contributed by atoms with Gasteiger partial charge in [0.25, 0.3) is 0 Å². The van der Waals surface area contributed by atoms with Crippen LogP contribution >= 0.6 is 23.2 Å². The molecular weight excluding hydrogens is 431 g/mol. The lowest BCUT2D eigenvalue weighted by Crippen LogP contribution is -2.19. The van der Waals surface area contributed by atoms with E-state index in [0.29, 0.717) is 27.7 Å². The minimum absolute atomic E-state index is 0.163. The van der Waals surface area contributed by atoms with Crippen LogP contribution < -0.4 is 21.1 Å². The number of halogens is 2. The average Bonchev–Trinajstić information content (AvgIpc) is 2.71. The second-order valence-corrected chi connectivity index (χ2v) is 6.51. The number of amides is 2. The van der Waals surface area contributed by atoms with Crippen molar-refractivity contribution < 1.29 is 14.4 Å². The highest BCUT2D eigenvalue weighted by molar-refractivity contribution is 6.34. The van der Waals surface area contributed by atoms with Crippen molar-refractivity contribution in [2.24, 2.45) is 5.16 Å². The number of nitrogens with zero attached hydrogens (tertiary/aromatic N) is 3. The van der Waals surface area contributed by atoms with Gasteiger partial charge in [-0.3, -0.25) is 0 Å². The molecule has 0 saturated carbocycles. The quantitative estimate of drug-likeness (QED) is 0.369. The van der Waals surface area contributed by atoms with Crippen LogP contribution in [0.15, 0.2) is 53.9 Å². The number of hydrogen-bond acceptors (Lipinski definition) is 7. The summed E-state index contributed by atoms with van der Waals surface area (Å²) in [5.74, 6) is 0.695. The molecule has 154 valence electrons. The van der Waals surface area contributed by atoms with Crippen LogP contribution in [0.5, 0.6) is 11.6 Å². The van der Waals surface area contributed by atoms with E-state index in [1.54, 1.807) is 36.4 Å². The van der Waals surface area contributed by atoms with Crippen LogP contribution in [0.4, 0.5) is 22.0 Å². The number of benzene rings is 2.